The highest BCUT2D eigenvalue weighted by molar-refractivity contribution is 9.10. The number of hydrogen-bond donors (Lipinski definition) is 0. The molecule has 4 heteroatoms. The Balaban J connectivity index is 1.96. The van der Waals surface area contributed by atoms with Crippen molar-refractivity contribution in [2.24, 2.45) is 0 Å². The van der Waals surface area contributed by atoms with Gasteiger partial charge in [-0.05, 0) is 18.2 Å². The SMILES string of the molecule is COc1ccccc1Cc1cn2ccc(Br)cc2n1. The number of nitrogens with zero attached hydrogens (tertiary/aromatic N) is 2. The lowest BCUT2D eigenvalue weighted by molar-refractivity contribution is 0.410. The number of methoxy groups -OCH3 is 1. The third kappa shape index (κ3) is 2.49. The van der Waals surface area contributed by atoms with Gasteiger partial charge in [-0.1, -0.05) is 34.1 Å². The summed E-state index contributed by atoms with van der Waals surface area (Å²) < 4.78 is 8.43. The first-order chi connectivity index (χ1) is 9.26. The highest BCUT2D eigenvalue weighted by atomic mass is 79.9. The molecule has 0 radical (unpaired) electrons. The van der Waals surface area contributed by atoms with Crippen molar-refractivity contribution in [3.8, 4) is 5.75 Å². The van der Waals surface area contributed by atoms with Crippen molar-refractivity contribution in [1.29, 1.82) is 0 Å². The summed E-state index contributed by atoms with van der Waals surface area (Å²) in [7, 11) is 1.69. The van der Waals surface area contributed by atoms with E-state index in [1.54, 1.807) is 7.11 Å². The molecule has 0 aliphatic carbocycles. The molecule has 0 N–H and O–H groups in total. The number of benzene rings is 1. The van der Waals surface area contributed by atoms with Gasteiger partial charge in [0, 0.05) is 28.9 Å². The Labute approximate surface area is 120 Å². The number of rotatable bonds is 3. The van der Waals surface area contributed by atoms with Crippen LogP contribution in [0.5, 0.6) is 5.75 Å². The van der Waals surface area contributed by atoms with Gasteiger partial charge in [0.05, 0.1) is 12.8 Å². The molecule has 96 valence electrons. The average molecular weight is 317 g/mol. The minimum absolute atomic E-state index is 0.767. The molecular formula is C15H13BrN2O. The number of hydrogen-bond acceptors (Lipinski definition) is 2. The first-order valence-corrected chi connectivity index (χ1v) is 6.80. The van der Waals surface area contributed by atoms with Crippen LogP contribution in [0.2, 0.25) is 0 Å². The minimum Gasteiger partial charge on any atom is -0.496 e. The second-order valence-corrected chi connectivity index (χ2v) is 5.25. The molecule has 0 saturated heterocycles. The van der Waals surface area contributed by atoms with Crippen LogP contribution in [0.1, 0.15) is 11.3 Å². The van der Waals surface area contributed by atoms with E-state index in [1.807, 2.05) is 47.1 Å². The quantitative estimate of drug-likeness (QED) is 0.736. The van der Waals surface area contributed by atoms with E-state index in [9.17, 15) is 0 Å². The molecule has 0 amide bonds. The van der Waals surface area contributed by atoms with Gasteiger partial charge in [0.15, 0.2) is 0 Å². The van der Waals surface area contributed by atoms with Crippen molar-refractivity contribution < 1.29 is 4.74 Å². The van der Waals surface area contributed by atoms with E-state index in [1.165, 1.54) is 0 Å². The van der Waals surface area contributed by atoms with Crippen LogP contribution in [-0.4, -0.2) is 16.5 Å². The van der Waals surface area contributed by atoms with Crippen molar-refractivity contribution in [2.45, 2.75) is 6.42 Å². The fourth-order valence-corrected chi connectivity index (χ4v) is 2.46. The number of halogens is 1. The van der Waals surface area contributed by atoms with Crippen molar-refractivity contribution in [3.05, 3.63) is 64.5 Å². The van der Waals surface area contributed by atoms with E-state index >= 15 is 0 Å². The summed E-state index contributed by atoms with van der Waals surface area (Å²) in [5, 5.41) is 0. The number of pyridine rings is 1. The molecule has 0 spiro atoms. The molecule has 0 atom stereocenters. The number of para-hydroxylation sites is 1. The molecule has 0 saturated carbocycles. The summed E-state index contributed by atoms with van der Waals surface area (Å²) in [5.74, 6) is 0.903. The predicted molar refractivity (Wildman–Crippen MR) is 78.7 cm³/mol. The van der Waals surface area contributed by atoms with Crippen LogP contribution in [0.3, 0.4) is 0 Å². The van der Waals surface area contributed by atoms with Gasteiger partial charge in [-0.2, -0.15) is 0 Å². The first kappa shape index (κ1) is 12.2. The summed E-state index contributed by atoms with van der Waals surface area (Å²) in [6.07, 6.45) is 4.82. The second-order valence-electron chi connectivity index (χ2n) is 4.33. The normalized spacial score (nSPS) is 10.8. The molecule has 3 aromatic rings. The van der Waals surface area contributed by atoms with Crippen LogP contribution in [0.4, 0.5) is 0 Å². The lowest BCUT2D eigenvalue weighted by Gasteiger charge is -2.05. The average Bonchev–Trinajstić information content (AvgIpc) is 2.80. The molecule has 3 rings (SSSR count). The van der Waals surface area contributed by atoms with E-state index in [-0.39, 0.29) is 0 Å². The Bertz CT molecular complexity index is 721. The van der Waals surface area contributed by atoms with Gasteiger partial charge in [0.1, 0.15) is 11.4 Å². The molecule has 0 bridgehead atoms. The highest BCUT2D eigenvalue weighted by Crippen LogP contribution is 2.21. The molecule has 2 heterocycles. The number of aromatic nitrogens is 2. The van der Waals surface area contributed by atoms with E-state index in [0.717, 1.165) is 33.5 Å². The summed E-state index contributed by atoms with van der Waals surface area (Å²) in [5.41, 5.74) is 3.12. The smallest absolute Gasteiger partial charge is 0.138 e. The van der Waals surface area contributed by atoms with Gasteiger partial charge >= 0.3 is 0 Å². The van der Waals surface area contributed by atoms with Gasteiger partial charge < -0.3 is 9.14 Å². The third-order valence-corrected chi connectivity index (χ3v) is 3.53. The summed E-state index contributed by atoms with van der Waals surface area (Å²) in [6.45, 7) is 0. The maximum atomic E-state index is 5.37. The number of imidazole rings is 1. The lowest BCUT2D eigenvalue weighted by atomic mass is 10.1. The Morgan fingerprint density at radius 2 is 2.11 bits per heavy atom. The molecule has 0 unspecified atom stereocenters. The van der Waals surface area contributed by atoms with Gasteiger partial charge in [0.2, 0.25) is 0 Å². The molecule has 2 aromatic heterocycles. The third-order valence-electron chi connectivity index (χ3n) is 3.04. The van der Waals surface area contributed by atoms with Crippen molar-refractivity contribution in [1.82, 2.24) is 9.38 Å². The van der Waals surface area contributed by atoms with Crippen LogP contribution in [0, 0.1) is 0 Å². The Morgan fingerprint density at radius 1 is 1.26 bits per heavy atom. The molecule has 0 fully saturated rings. The predicted octanol–water partition coefficient (Wildman–Crippen LogP) is 3.70. The number of fused-ring (bicyclic) bond motifs is 1. The second kappa shape index (κ2) is 5.05. The fourth-order valence-electron chi connectivity index (χ4n) is 2.14. The molecule has 1 aromatic carbocycles. The van der Waals surface area contributed by atoms with Crippen LogP contribution < -0.4 is 4.74 Å². The lowest BCUT2D eigenvalue weighted by Crippen LogP contribution is -1.93. The van der Waals surface area contributed by atoms with Crippen molar-refractivity contribution in [3.63, 3.8) is 0 Å². The summed E-state index contributed by atoms with van der Waals surface area (Å²) >= 11 is 3.46. The molecular weight excluding hydrogens is 304 g/mol. The standard InChI is InChI=1S/C15H13BrN2O/c1-19-14-5-3-2-4-11(14)8-13-10-18-7-6-12(16)9-15(18)17-13/h2-7,9-10H,8H2,1H3. The van der Waals surface area contributed by atoms with Crippen molar-refractivity contribution >= 4 is 21.6 Å². The monoisotopic (exact) mass is 316 g/mol. The van der Waals surface area contributed by atoms with Crippen LogP contribution >= 0.6 is 15.9 Å². The molecule has 0 aliphatic rings. The molecule has 3 nitrogen and oxygen atoms in total. The van der Waals surface area contributed by atoms with E-state index in [2.05, 4.69) is 27.0 Å². The van der Waals surface area contributed by atoms with Crippen molar-refractivity contribution in [2.75, 3.05) is 7.11 Å². The Hall–Kier alpha value is -1.81. The van der Waals surface area contributed by atoms with Gasteiger partial charge in [-0.15, -0.1) is 0 Å². The van der Waals surface area contributed by atoms with Crippen LogP contribution in [0.25, 0.3) is 5.65 Å². The molecule has 19 heavy (non-hydrogen) atoms. The zero-order valence-corrected chi connectivity index (χ0v) is 12.1. The van der Waals surface area contributed by atoms with E-state index in [0.29, 0.717) is 0 Å². The zero-order valence-electron chi connectivity index (χ0n) is 10.5. The largest absolute Gasteiger partial charge is 0.496 e. The summed E-state index contributed by atoms with van der Waals surface area (Å²) in [4.78, 5) is 4.62. The minimum atomic E-state index is 0.767. The zero-order chi connectivity index (χ0) is 13.2. The maximum Gasteiger partial charge on any atom is 0.138 e. The van der Waals surface area contributed by atoms with Gasteiger partial charge in [0.25, 0.3) is 0 Å². The van der Waals surface area contributed by atoms with Crippen LogP contribution in [0.15, 0.2) is 53.3 Å². The number of ether oxygens (including phenoxy) is 1. The van der Waals surface area contributed by atoms with E-state index in [4.69, 9.17) is 4.74 Å². The maximum absolute atomic E-state index is 5.37. The van der Waals surface area contributed by atoms with E-state index < -0.39 is 0 Å². The molecule has 0 aliphatic heterocycles. The Morgan fingerprint density at radius 3 is 2.95 bits per heavy atom. The topological polar surface area (TPSA) is 26.5 Å². The highest BCUT2D eigenvalue weighted by Gasteiger charge is 2.07. The van der Waals surface area contributed by atoms with Gasteiger partial charge in [-0.3, -0.25) is 0 Å². The summed E-state index contributed by atoms with van der Waals surface area (Å²) in [6, 6.07) is 12.0. The van der Waals surface area contributed by atoms with Gasteiger partial charge in [-0.25, -0.2) is 4.98 Å². The first-order valence-electron chi connectivity index (χ1n) is 6.01. The Kier molecular flexibility index (Phi) is 3.25. The van der Waals surface area contributed by atoms with Crippen LogP contribution in [-0.2, 0) is 6.42 Å². The fraction of sp³-hybridized carbons (Fsp3) is 0.133.